The van der Waals surface area contributed by atoms with Crippen LogP contribution in [0.3, 0.4) is 0 Å². The molecule has 1 amide bonds. The Hall–Kier alpha value is -1.98. The predicted octanol–water partition coefficient (Wildman–Crippen LogP) is 5.54. The third kappa shape index (κ3) is 4.30. The van der Waals surface area contributed by atoms with E-state index in [1.165, 1.54) is 31.0 Å². The van der Waals surface area contributed by atoms with Gasteiger partial charge in [0.2, 0.25) is 5.91 Å². The van der Waals surface area contributed by atoms with Gasteiger partial charge in [0.25, 0.3) is 0 Å². The van der Waals surface area contributed by atoms with E-state index in [-0.39, 0.29) is 11.6 Å². The Kier molecular flexibility index (Phi) is 5.41. The summed E-state index contributed by atoms with van der Waals surface area (Å²) in [6.07, 6.45) is 5.73. The zero-order valence-electron chi connectivity index (χ0n) is 15.0. The summed E-state index contributed by atoms with van der Waals surface area (Å²) < 4.78 is 0. The third-order valence-electron chi connectivity index (χ3n) is 4.97. The van der Waals surface area contributed by atoms with Crippen LogP contribution in [0.1, 0.15) is 37.7 Å². The molecular formula is C21H22ClN3OS. The summed E-state index contributed by atoms with van der Waals surface area (Å²) in [6, 6.07) is 15.4. The molecule has 0 aromatic heterocycles. The van der Waals surface area contributed by atoms with Gasteiger partial charge in [-0.15, -0.1) is 0 Å². The maximum Gasteiger partial charge on any atom is 0.234 e. The van der Waals surface area contributed by atoms with Gasteiger partial charge in [-0.1, -0.05) is 54.0 Å². The summed E-state index contributed by atoms with van der Waals surface area (Å²) >= 11 is 7.49. The fourth-order valence-electron chi connectivity index (χ4n) is 3.69. The lowest BCUT2D eigenvalue weighted by Gasteiger charge is -2.39. The highest BCUT2D eigenvalue weighted by molar-refractivity contribution is 8.15. The number of rotatable bonds is 3. The van der Waals surface area contributed by atoms with E-state index in [0.717, 1.165) is 29.1 Å². The average molecular weight is 400 g/mol. The molecule has 6 heteroatoms. The maximum atomic E-state index is 12.4. The lowest BCUT2D eigenvalue weighted by molar-refractivity contribution is -0.113. The van der Waals surface area contributed by atoms with E-state index in [2.05, 4.69) is 22.8 Å². The van der Waals surface area contributed by atoms with Crippen LogP contribution in [0.25, 0.3) is 0 Å². The molecule has 4 rings (SSSR count). The molecule has 0 radical (unpaired) electrons. The number of thioether (sulfide) groups is 1. The van der Waals surface area contributed by atoms with Crippen LogP contribution in [0, 0.1) is 0 Å². The number of nitrogens with zero attached hydrogens (tertiary/aromatic N) is 1. The van der Waals surface area contributed by atoms with E-state index in [0.29, 0.717) is 16.5 Å². The van der Waals surface area contributed by atoms with E-state index in [1.54, 1.807) is 12.1 Å². The van der Waals surface area contributed by atoms with E-state index in [9.17, 15) is 4.79 Å². The third-order valence-corrected chi connectivity index (χ3v) is 6.20. The molecule has 1 fully saturated rings. The lowest BCUT2D eigenvalue weighted by atomic mass is 9.88. The summed E-state index contributed by atoms with van der Waals surface area (Å²) in [5, 5.41) is 8.12. The van der Waals surface area contributed by atoms with Crippen molar-refractivity contribution in [2.45, 2.75) is 37.8 Å². The maximum absolute atomic E-state index is 12.4. The van der Waals surface area contributed by atoms with Crippen LogP contribution in [0.15, 0.2) is 53.5 Å². The molecule has 2 N–H and O–H groups in total. The first kappa shape index (κ1) is 18.4. The van der Waals surface area contributed by atoms with E-state index >= 15 is 0 Å². The molecule has 2 aliphatic rings. The first-order chi connectivity index (χ1) is 13.1. The molecule has 2 aromatic carbocycles. The largest absolute Gasteiger partial charge is 0.361 e. The standard InChI is InChI=1S/C21H22ClN3OS/c22-15-7-6-8-16(13-15)23-19(26)14-27-20-17-9-2-3-10-18(17)24-21(25-20)11-4-1-5-12-21/h2-3,6-10,13,24H,1,4-5,11-12,14H2,(H,23,26). The Morgan fingerprint density at radius 2 is 1.96 bits per heavy atom. The molecule has 1 spiro atoms. The number of aliphatic imine (C=N–C) groups is 1. The number of fused-ring (bicyclic) bond motifs is 1. The molecule has 27 heavy (non-hydrogen) atoms. The van der Waals surface area contributed by atoms with Crippen LogP contribution < -0.4 is 10.6 Å². The van der Waals surface area contributed by atoms with Crippen molar-refractivity contribution in [3.05, 3.63) is 59.1 Å². The van der Waals surface area contributed by atoms with Crippen molar-refractivity contribution in [1.82, 2.24) is 0 Å². The number of carbonyl (C=O) groups is 1. The Morgan fingerprint density at radius 1 is 1.15 bits per heavy atom. The van der Waals surface area contributed by atoms with Gasteiger partial charge in [-0.05, 0) is 49.9 Å². The van der Waals surface area contributed by atoms with Crippen LogP contribution in [0.5, 0.6) is 0 Å². The van der Waals surface area contributed by atoms with E-state index < -0.39 is 0 Å². The highest BCUT2D eigenvalue weighted by atomic mass is 35.5. The fourth-order valence-corrected chi connectivity index (χ4v) is 4.80. The van der Waals surface area contributed by atoms with Crippen LogP contribution in [-0.2, 0) is 4.79 Å². The normalized spacial score (nSPS) is 17.6. The topological polar surface area (TPSA) is 53.5 Å². The van der Waals surface area contributed by atoms with Gasteiger partial charge in [-0.2, -0.15) is 0 Å². The number of carbonyl (C=O) groups excluding carboxylic acids is 1. The molecule has 1 heterocycles. The van der Waals surface area contributed by atoms with Crippen molar-refractivity contribution >= 4 is 45.7 Å². The van der Waals surface area contributed by atoms with Gasteiger partial charge in [0, 0.05) is 22.0 Å². The number of benzene rings is 2. The van der Waals surface area contributed by atoms with Crippen molar-refractivity contribution in [2.24, 2.45) is 4.99 Å². The Labute approximate surface area is 168 Å². The highest BCUT2D eigenvalue weighted by Gasteiger charge is 2.36. The summed E-state index contributed by atoms with van der Waals surface area (Å²) in [5.74, 6) is 0.258. The second-order valence-corrected chi connectivity index (χ2v) is 8.43. The number of nitrogens with one attached hydrogen (secondary N) is 2. The number of hydrogen-bond donors (Lipinski definition) is 2. The zero-order chi connectivity index (χ0) is 18.7. The molecule has 0 saturated heterocycles. The SMILES string of the molecule is O=C(CSC1=NC2(CCCCC2)Nc2ccccc21)Nc1cccc(Cl)c1. The Morgan fingerprint density at radius 3 is 2.78 bits per heavy atom. The van der Waals surface area contributed by atoms with Crippen molar-refractivity contribution < 1.29 is 4.79 Å². The minimum Gasteiger partial charge on any atom is -0.361 e. The summed E-state index contributed by atoms with van der Waals surface area (Å²) in [6.45, 7) is 0. The number of hydrogen-bond acceptors (Lipinski definition) is 4. The molecule has 140 valence electrons. The second-order valence-electron chi connectivity index (χ2n) is 7.03. The molecule has 0 bridgehead atoms. The monoisotopic (exact) mass is 399 g/mol. The van der Waals surface area contributed by atoms with Gasteiger partial charge >= 0.3 is 0 Å². The first-order valence-electron chi connectivity index (χ1n) is 9.29. The zero-order valence-corrected chi connectivity index (χ0v) is 16.6. The fraction of sp³-hybridized carbons (Fsp3) is 0.333. The minimum absolute atomic E-state index is 0.0568. The van der Waals surface area contributed by atoms with E-state index in [1.807, 2.05) is 24.3 Å². The quantitative estimate of drug-likeness (QED) is 0.711. The molecule has 0 unspecified atom stereocenters. The minimum atomic E-state index is -0.210. The molecule has 1 saturated carbocycles. The molecule has 1 aliphatic carbocycles. The summed E-state index contributed by atoms with van der Waals surface area (Å²) in [7, 11) is 0. The van der Waals surface area contributed by atoms with Gasteiger partial charge in [0.05, 0.1) is 5.75 Å². The molecular weight excluding hydrogens is 378 g/mol. The second kappa shape index (κ2) is 7.95. The predicted molar refractivity (Wildman–Crippen MR) is 115 cm³/mol. The molecule has 2 aromatic rings. The summed E-state index contributed by atoms with van der Waals surface area (Å²) in [4.78, 5) is 17.5. The van der Waals surface area contributed by atoms with Crippen LogP contribution in [-0.4, -0.2) is 22.4 Å². The van der Waals surface area contributed by atoms with Crippen molar-refractivity contribution in [2.75, 3.05) is 16.4 Å². The van der Waals surface area contributed by atoms with Gasteiger partial charge in [-0.25, -0.2) is 4.99 Å². The van der Waals surface area contributed by atoms with Gasteiger partial charge in [0.15, 0.2) is 0 Å². The van der Waals surface area contributed by atoms with Crippen LogP contribution in [0.2, 0.25) is 5.02 Å². The van der Waals surface area contributed by atoms with Crippen molar-refractivity contribution in [1.29, 1.82) is 0 Å². The van der Waals surface area contributed by atoms with Crippen LogP contribution in [0.4, 0.5) is 11.4 Å². The average Bonchev–Trinajstić information content (AvgIpc) is 2.67. The number of para-hydroxylation sites is 1. The number of amides is 1. The van der Waals surface area contributed by atoms with Crippen molar-refractivity contribution in [3.8, 4) is 0 Å². The highest BCUT2D eigenvalue weighted by Crippen LogP contribution is 2.39. The summed E-state index contributed by atoms with van der Waals surface area (Å²) in [5.41, 5.74) is 2.70. The molecule has 0 atom stereocenters. The molecule has 4 nitrogen and oxygen atoms in total. The lowest BCUT2D eigenvalue weighted by Crippen LogP contribution is -2.42. The van der Waals surface area contributed by atoms with Gasteiger partial charge in [-0.3, -0.25) is 4.79 Å². The Balaban J connectivity index is 1.49. The van der Waals surface area contributed by atoms with E-state index in [4.69, 9.17) is 16.6 Å². The van der Waals surface area contributed by atoms with Gasteiger partial charge < -0.3 is 10.6 Å². The Bertz CT molecular complexity index is 877. The van der Waals surface area contributed by atoms with Crippen molar-refractivity contribution in [3.63, 3.8) is 0 Å². The first-order valence-corrected chi connectivity index (χ1v) is 10.7. The molecule has 1 aliphatic heterocycles. The smallest absolute Gasteiger partial charge is 0.234 e. The van der Waals surface area contributed by atoms with Gasteiger partial charge in [0.1, 0.15) is 10.7 Å². The van der Waals surface area contributed by atoms with Crippen LogP contribution >= 0.6 is 23.4 Å². The number of anilines is 2. The number of halogens is 1.